The van der Waals surface area contributed by atoms with Crippen LogP contribution in [0.25, 0.3) is 0 Å². The summed E-state index contributed by atoms with van der Waals surface area (Å²) in [6.45, 7) is 4.19. The van der Waals surface area contributed by atoms with Gasteiger partial charge in [0.1, 0.15) is 5.75 Å². The van der Waals surface area contributed by atoms with Gasteiger partial charge in [0.25, 0.3) is 0 Å². The molecule has 0 aromatic heterocycles. The second-order valence-electron chi connectivity index (χ2n) is 3.87. The van der Waals surface area contributed by atoms with Crippen molar-refractivity contribution in [3.05, 3.63) is 29.3 Å². The van der Waals surface area contributed by atoms with Crippen molar-refractivity contribution >= 4 is 0 Å². The average Bonchev–Trinajstić information content (AvgIpc) is 2.29. The number of rotatable bonds is 7. The van der Waals surface area contributed by atoms with Crippen LogP contribution in [0.2, 0.25) is 0 Å². The van der Waals surface area contributed by atoms with Crippen LogP contribution in [0.3, 0.4) is 0 Å². The molecule has 0 bridgehead atoms. The normalized spacial score (nSPS) is 10.4. The Labute approximate surface area is 97.8 Å². The smallest absolute Gasteiger partial charge is 0.122 e. The predicted molar refractivity (Wildman–Crippen MR) is 67.7 cm³/mol. The summed E-state index contributed by atoms with van der Waals surface area (Å²) < 4.78 is 5.69. The van der Waals surface area contributed by atoms with Gasteiger partial charge in [-0.2, -0.15) is 0 Å². The molecule has 0 spiro atoms. The van der Waals surface area contributed by atoms with E-state index in [1.54, 1.807) is 0 Å². The molecule has 1 rings (SSSR count). The van der Waals surface area contributed by atoms with Crippen molar-refractivity contribution in [1.82, 2.24) is 0 Å². The van der Waals surface area contributed by atoms with Crippen molar-refractivity contribution in [3.63, 3.8) is 0 Å². The van der Waals surface area contributed by atoms with Gasteiger partial charge < -0.3 is 16.2 Å². The number of ether oxygens (including phenoxy) is 1. The van der Waals surface area contributed by atoms with Gasteiger partial charge in [-0.05, 0) is 49.5 Å². The Hall–Kier alpha value is -1.06. The van der Waals surface area contributed by atoms with Crippen LogP contribution in [0.15, 0.2) is 18.2 Å². The molecule has 3 nitrogen and oxygen atoms in total. The summed E-state index contributed by atoms with van der Waals surface area (Å²) in [6.07, 6.45) is 2.79. The molecule has 0 aliphatic rings. The Morgan fingerprint density at radius 3 is 2.50 bits per heavy atom. The lowest BCUT2D eigenvalue weighted by molar-refractivity contribution is 0.314. The molecule has 3 heteroatoms. The van der Waals surface area contributed by atoms with Gasteiger partial charge in [0, 0.05) is 0 Å². The van der Waals surface area contributed by atoms with E-state index in [2.05, 4.69) is 19.1 Å². The molecule has 0 unspecified atom stereocenters. The van der Waals surface area contributed by atoms with E-state index in [9.17, 15) is 0 Å². The molecule has 1 aromatic carbocycles. The molecule has 0 atom stereocenters. The van der Waals surface area contributed by atoms with Gasteiger partial charge in [-0.25, -0.2) is 0 Å². The van der Waals surface area contributed by atoms with E-state index < -0.39 is 0 Å². The van der Waals surface area contributed by atoms with Crippen molar-refractivity contribution in [2.24, 2.45) is 11.5 Å². The quantitative estimate of drug-likeness (QED) is 0.734. The third kappa shape index (κ3) is 3.83. The lowest BCUT2D eigenvalue weighted by Crippen LogP contribution is -2.08. The van der Waals surface area contributed by atoms with Crippen LogP contribution in [0.4, 0.5) is 0 Å². The Kier molecular flexibility index (Phi) is 5.90. The first-order chi connectivity index (χ1) is 7.81. The zero-order valence-electron chi connectivity index (χ0n) is 10.0. The molecule has 4 N–H and O–H groups in total. The van der Waals surface area contributed by atoms with Gasteiger partial charge in [0.15, 0.2) is 0 Å². The molecule has 0 fully saturated rings. The molecular weight excluding hydrogens is 200 g/mol. The fourth-order valence-electron chi connectivity index (χ4n) is 1.66. The van der Waals surface area contributed by atoms with E-state index in [0.717, 1.165) is 31.6 Å². The van der Waals surface area contributed by atoms with Gasteiger partial charge >= 0.3 is 0 Å². The van der Waals surface area contributed by atoms with Gasteiger partial charge in [0.05, 0.1) is 6.61 Å². The third-order valence-electron chi connectivity index (χ3n) is 2.43. The molecular formula is C13H22N2O. The number of hydrogen-bond acceptors (Lipinski definition) is 3. The highest BCUT2D eigenvalue weighted by atomic mass is 16.5. The van der Waals surface area contributed by atoms with Crippen molar-refractivity contribution in [2.75, 3.05) is 19.7 Å². The van der Waals surface area contributed by atoms with Crippen LogP contribution in [0.5, 0.6) is 5.75 Å². The molecule has 0 aliphatic heterocycles. The van der Waals surface area contributed by atoms with Crippen LogP contribution < -0.4 is 16.2 Å². The van der Waals surface area contributed by atoms with Crippen molar-refractivity contribution in [2.45, 2.75) is 26.2 Å². The first kappa shape index (κ1) is 13.0. The van der Waals surface area contributed by atoms with Crippen molar-refractivity contribution in [1.29, 1.82) is 0 Å². The average molecular weight is 222 g/mol. The van der Waals surface area contributed by atoms with Crippen molar-refractivity contribution < 1.29 is 4.74 Å². The van der Waals surface area contributed by atoms with Gasteiger partial charge in [-0.3, -0.25) is 0 Å². The van der Waals surface area contributed by atoms with E-state index >= 15 is 0 Å². The minimum Gasteiger partial charge on any atom is -0.493 e. The molecule has 0 radical (unpaired) electrons. The summed E-state index contributed by atoms with van der Waals surface area (Å²) in [6, 6.07) is 6.27. The summed E-state index contributed by atoms with van der Waals surface area (Å²) >= 11 is 0. The predicted octanol–water partition coefficient (Wildman–Crippen LogP) is 1.48. The Morgan fingerprint density at radius 1 is 1.12 bits per heavy atom. The first-order valence-electron chi connectivity index (χ1n) is 5.96. The first-order valence-corrected chi connectivity index (χ1v) is 5.96. The summed E-state index contributed by atoms with van der Waals surface area (Å²) in [5.74, 6) is 0.966. The zero-order chi connectivity index (χ0) is 11.8. The molecule has 0 aliphatic carbocycles. The van der Waals surface area contributed by atoms with Crippen LogP contribution in [-0.2, 0) is 12.8 Å². The molecule has 0 saturated carbocycles. The second-order valence-corrected chi connectivity index (χ2v) is 3.87. The zero-order valence-corrected chi connectivity index (χ0v) is 10.0. The third-order valence-corrected chi connectivity index (χ3v) is 2.43. The maximum absolute atomic E-state index is 5.69. The monoisotopic (exact) mass is 222 g/mol. The highest BCUT2D eigenvalue weighted by molar-refractivity contribution is 5.37. The topological polar surface area (TPSA) is 61.3 Å². The number of benzene rings is 1. The SMILES string of the molecule is CCCOc1ccc(CCN)cc1CCN. The molecule has 1 aromatic rings. The molecule has 0 saturated heterocycles. The van der Waals surface area contributed by atoms with Crippen LogP contribution in [-0.4, -0.2) is 19.7 Å². The summed E-state index contributed by atoms with van der Waals surface area (Å²) in [4.78, 5) is 0. The number of hydrogen-bond donors (Lipinski definition) is 2. The Bertz CT molecular complexity index is 313. The van der Waals surface area contributed by atoms with E-state index in [0.29, 0.717) is 13.1 Å². The van der Waals surface area contributed by atoms with Gasteiger partial charge in [-0.15, -0.1) is 0 Å². The van der Waals surface area contributed by atoms with E-state index in [4.69, 9.17) is 16.2 Å². The standard InChI is InChI=1S/C13H22N2O/c1-2-9-16-13-4-3-11(5-7-14)10-12(13)6-8-15/h3-4,10H,2,5-9,14-15H2,1H3. The summed E-state index contributed by atoms with van der Waals surface area (Å²) in [5.41, 5.74) is 13.6. The maximum atomic E-state index is 5.69. The van der Waals surface area contributed by atoms with Gasteiger partial charge in [-0.1, -0.05) is 19.1 Å². The second kappa shape index (κ2) is 7.25. The summed E-state index contributed by atoms with van der Waals surface area (Å²) in [5, 5.41) is 0. The Balaban J connectivity index is 2.80. The highest BCUT2D eigenvalue weighted by Crippen LogP contribution is 2.21. The van der Waals surface area contributed by atoms with Gasteiger partial charge in [0.2, 0.25) is 0 Å². The lowest BCUT2D eigenvalue weighted by Gasteiger charge is -2.12. The Morgan fingerprint density at radius 2 is 1.88 bits per heavy atom. The summed E-state index contributed by atoms with van der Waals surface area (Å²) in [7, 11) is 0. The minimum atomic E-state index is 0.647. The lowest BCUT2D eigenvalue weighted by atomic mass is 10.0. The minimum absolute atomic E-state index is 0.647. The fourth-order valence-corrected chi connectivity index (χ4v) is 1.66. The van der Waals surface area contributed by atoms with E-state index in [1.165, 1.54) is 11.1 Å². The maximum Gasteiger partial charge on any atom is 0.122 e. The van der Waals surface area contributed by atoms with E-state index in [1.807, 2.05) is 6.07 Å². The highest BCUT2D eigenvalue weighted by Gasteiger charge is 2.04. The molecule has 0 amide bonds. The molecule has 16 heavy (non-hydrogen) atoms. The van der Waals surface area contributed by atoms with E-state index in [-0.39, 0.29) is 0 Å². The fraction of sp³-hybridized carbons (Fsp3) is 0.538. The largest absolute Gasteiger partial charge is 0.493 e. The van der Waals surface area contributed by atoms with Crippen molar-refractivity contribution in [3.8, 4) is 5.75 Å². The van der Waals surface area contributed by atoms with Crippen LogP contribution >= 0.6 is 0 Å². The number of nitrogens with two attached hydrogens (primary N) is 2. The molecule has 0 heterocycles. The molecule has 90 valence electrons. The van der Waals surface area contributed by atoms with Crippen LogP contribution in [0.1, 0.15) is 24.5 Å². The van der Waals surface area contributed by atoms with Crippen LogP contribution in [0, 0.1) is 0 Å².